The van der Waals surface area contributed by atoms with Gasteiger partial charge < -0.3 is 10.2 Å². The summed E-state index contributed by atoms with van der Waals surface area (Å²) in [6, 6.07) is 14.6. The van der Waals surface area contributed by atoms with Crippen molar-refractivity contribution in [3.8, 4) is 0 Å². The Morgan fingerprint density at radius 1 is 1.14 bits per heavy atom. The van der Waals surface area contributed by atoms with Crippen molar-refractivity contribution in [2.75, 3.05) is 13.6 Å². The van der Waals surface area contributed by atoms with Gasteiger partial charge in [-0.05, 0) is 11.1 Å². The van der Waals surface area contributed by atoms with Crippen LogP contribution in [-0.4, -0.2) is 40.3 Å². The third kappa shape index (κ3) is 2.98. The fourth-order valence-electron chi connectivity index (χ4n) is 3.62. The Labute approximate surface area is 161 Å². The molecule has 2 aliphatic rings. The number of hydrogen-bond donors (Lipinski definition) is 1. The van der Waals surface area contributed by atoms with E-state index in [1.54, 1.807) is 24.1 Å². The molecule has 0 aliphatic carbocycles. The molecule has 8 heteroatoms. The van der Waals surface area contributed by atoms with Gasteiger partial charge in [-0.3, -0.25) is 19.8 Å². The quantitative estimate of drug-likeness (QED) is 0.653. The third-order valence-electron chi connectivity index (χ3n) is 5.07. The Balaban J connectivity index is 1.69. The van der Waals surface area contributed by atoms with E-state index in [-0.39, 0.29) is 17.6 Å². The molecule has 2 aromatic carbocycles. The van der Waals surface area contributed by atoms with Crippen molar-refractivity contribution < 1.29 is 14.5 Å². The van der Waals surface area contributed by atoms with Crippen LogP contribution in [0.25, 0.3) is 0 Å². The number of hydrogen-bond acceptors (Lipinski definition) is 4. The van der Waals surface area contributed by atoms with E-state index >= 15 is 0 Å². The molecule has 4 rings (SSSR count). The van der Waals surface area contributed by atoms with Crippen molar-refractivity contribution in [1.82, 2.24) is 15.1 Å². The van der Waals surface area contributed by atoms with E-state index in [0.717, 1.165) is 5.56 Å². The maximum atomic E-state index is 13.2. The van der Waals surface area contributed by atoms with Gasteiger partial charge in [0.15, 0.2) is 0 Å². The average Bonchev–Trinajstić information content (AvgIpc) is 3.02. The van der Waals surface area contributed by atoms with Crippen LogP contribution in [-0.2, 0) is 11.3 Å². The first-order valence-electron chi connectivity index (χ1n) is 8.80. The normalized spacial score (nSPS) is 19.0. The number of nitrogens with zero attached hydrogens (tertiary/aromatic N) is 3. The van der Waals surface area contributed by atoms with E-state index in [4.69, 9.17) is 0 Å². The van der Waals surface area contributed by atoms with Crippen LogP contribution in [0.1, 0.15) is 17.2 Å². The number of carbonyl (C=O) groups is 2. The van der Waals surface area contributed by atoms with Crippen molar-refractivity contribution in [3.05, 3.63) is 87.1 Å². The molecular formula is C20H18N4O4. The Hall–Kier alpha value is -3.68. The lowest BCUT2D eigenvalue weighted by molar-refractivity contribution is -0.384. The maximum Gasteiger partial charge on any atom is 0.322 e. The molecule has 0 radical (unpaired) electrons. The zero-order valence-electron chi connectivity index (χ0n) is 15.2. The summed E-state index contributed by atoms with van der Waals surface area (Å²) in [5, 5.41) is 13.9. The number of rotatable bonds is 4. The van der Waals surface area contributed by atoms with Crippen LogP contribution in [0.2, 0.25) is 0 Å². The molecule has 2 heterocycles. The molecule has 3 amide bonds. The first-order chi connectivity index (χ1) is 13.5. The number of benzene rings is 2. The van der Waals surface area contributed by atoms with Crippen LogP contribution in [0.5, 0.6) is 0 Å². The Morgan fingerprint density at radius 3 is 2.61 bits per heavy atom. The van der Waals surface area contributed by atoms with E-state index in [1.165, 1.54) is 17.0 Å². The van der Waals surface area contributed by atoms with Gasteiger partial charge in [-0.25, -0.2) is 4.79 Å². The van der Waals surface area contributed by atoms with E-state index in [0.29, 0.717) is 29.9 Å². The van der Waals surface area contributed by atoms with Crippen LogP contribution in [0.3, 0.4) is 0 Å². The smallest absolute Gasteiger partial charge is 0.322 e. The first-order valence-corrected chi connectivity index (χ1v) is 8.80. The number of carbonyl (C=O) groups excluding carboxylic acids is 2. The zero-order chi connectivity index (χ0) is 19.8. The fourth-order valence-corrected chi connectivity index (χ4v) is 3.62. The molecule has 0 unspecified atom stereocenters. The van der Waals surface area contributed by atoms with Gasteiger partial charge in [-0.2, -0.15) is 0 Å². The number of likely N-dealkylation sites (N-methyl/N-ethyl adjacent to an activating group) is 1. The largest absolute Gasteiger partial charge is 0.329 e. The van der Waals surface area contributed by atoms with Crippen LogP contribution in [0.15, 0.2) is 65.9 Å². The SMILES string of the molecule is CN1C(=O)N[C@@H](c2cccc([N+](=O)[O-])c2)C2=C1CN(Cc1ccccc1)C2=O. The lowest BCUT2D eigenvalue weighted by atomic mass is 9.95. The van der Waals surface area contributed by atoms with E-state index in [2.05, 4.69) is 5.32 Å². The van der Waals surface area contributed by atoms with E-state index in [1.807, 2.05) is 30.3 Å². The molecule has 8 nitrogen and oxygen atoms in total. The molecule has 0 fully saturated rings. The minimum Gasteiger partial charge on any atom is -0.329 e. The van der Waals surface area contributed by atoms with Crippen molar-refractivity contribution in [1.29, 1.82) is 0 Å². The van der Waals surface area contributed by atoms with Crippen molar-refractivity contribution in [2.24, 2.45) is 0 Å². The Bertz CT molecular complexity index is 1000. The third-order valence-corrected chi connectivity index (χ3v) is 5.07. The molecule has 0 spiro atoms. The molecule has 0 saturated heterocycles. The summed E-state index contributed by atoms with van der Waals surface area (Å²) in [6.45, 7) is 0.745. The molecule has 0 aromatic heterocycles. The highest BCUT2D eigenvalue weighted by molar-refractivity contribution is 6.01. The molecule has 0 saturated carbocycles. The Kier molecular flexibility index (Phi) is 4.31. The number of nitro benzene ring substituents is 1. The lowest BCUT2D eigenvalue weighted by Gasteiger charge is -2.31. The predicted octanol–water partition coefficient (Wildman–Crippen LogP) is 2.59. The number of nitrogens with one attached hydrogen (secondary N) is 1. The van der Waals surface area contributed by atoms with Crippen LogP contribution >= 0.6 is 0 Å². The molecule has 0 bridgehead atoms. The molecule has 28 heavy (non-hydrogen) atoms. The second kappa shape index (κ2) is 6.80. The molecule has 2 aliphatic heterocycles. The maximum absolute atomic E-state index is 13.2. The number of nitro groups is 1. The minimum atomic E-state index is -0.716. The van der Waals surface area contributed by atoms with Gasteiger partial charge >= 0.3 is 6.03 Å². The van der Waals surface area contributed by atoms with Crippen LogP contribution < -0.4 is 5.32 Å². The highest BCUT2D eigenvalue weighted by atomic mass is 16.6. The van der Waals surface area contributed by atoms with Gasteiger partial charge in [-0.15, -0.1) is 0 Å². The highest BCUT2D eigenvalue weighted by Crippen LogP contribution is 2.36. The standard InChI is InChI=1S/C20H18N4O4/c1-22-16-12-23(11-13-6-3-2-4-7-13)19(25)17(16)18(21-20(22)26)14-8-5-9-15(10-14)24(27)28/h2-10,18H,11-12H2,1H3,(H,21,26)/t18-/m0/s1. The first kappa shape index (κ1) is 17.7. The van der Waals surface area contributed by atoms with Gasteiger partial charge in [0, 0.05) is 25.7 Å². The summed E-state index contributed by atoms with van der Waals surface area (Å²) in [5.41, 5.74) is 2.50. The van der Waals surface area contributed by atoms with Gasteiger partial charge in [0.1, 0.15) is 0 Å². The van der Waals surface area contributed by atoms with Crippen LogP contribution in [0.4, 0.5) is 10.5 Å². The second-order valence-corrected chi connectivity index (χ2v) is 6.80. The zero-order valence-corrected chi connectivity index (χ0v) is 15.2. The summed E-state index contributed by atoms with van der Waals surface area (Å²) in [4.78, 5) is 39.3. The molecule has 2 aromatic rings. The monoisotopic (exact) mass is 378 g/mol. The summed E-state index contributed by atoms with van der Waals surface area (Å²) in [5.74, 6) is -0.179. The molecule has 1 atom stereocenters. The van der Waals surface area contributed by atoms with Crippen LogP contribution in [0, 0.1) is 10.1 Å². The average molecular weight is 378 g/mol. The minimum absolute atomic E-state index is 0.0839. The van der Waals surface area contributed by atoms with Crippen molar-refractivity contribution >= 4 is 17.6 Å². The van der Waals surface area contributed by atoms with Gasteiger partial charge in [0.05, 0.1) is 28.8 Å². The topological polar surface area (TPSA) is 95.8 Å². The lowest BCUT2D eigenvalue weighted by Crippen LogP contribution is -2.45. The van der Waals surface area contributed by atoms with E-state index < -0.39 is 11.0 Å². The highest BCUT2D eigenvalue weighted by Gasteiger charge is 2.43. The Morgan fingerprint density at radius 2 is 1.89 bits per heavy atom. The summed E-state index contributed by atoms with van der Waals surface area (Å²) >= 11 is 0. The number of non-ortho nitro benzene ring substituents is 1. The van der Waals surface area contributed by atoms with Crippen molar-refractivity contribution in [3.63, 3.8) is 0 Å². The molecule has 1 N–H and O–H groups in total. The van der Waals surface area contributed by atoms with Gasteiger partial charge in [-0.1, -0.05) is 42.5 Å². The number of urea groups is 1. The fraction of sp³-hybridized carbons (Fsp3) is 0.200. The number of amides is 3. The summed E-state index contributed by atoms with van der Waals surface area (Å²) in [7, 11) is 1.62. The van der Waals surface area contributed by atoms with Gasteiger partial charge in [0.25, 0.3) is 11.6 Å². The van der Waals surface area contributed by atoms with E-state index in [9.17, 15) is 19.7 Å². The molecule has 142 valence electrons. The molecular weight excluding hydrogens is 360 g/mol. The van der Waals surface area contributed by atoms with Crippen molar-refractivity contribution in [2.45, 2.75) is 12.6 Å². The second-order valence-electron chi connectivity index (χ2n) is 6.80. The summed E-state index contributed by atoms with van der Waals surface area (Å²) in [6.07, 6.45) is 0. The summed E-state index contributed by atoms with van der Waals surface area (Å²) < 4.78 is 0. The predicted molar refractivity (Wildman–Crippen MR) is 101 cm³/mol. The van der Waals surface area contributed by atoms with Gasteiger partial charge in [0.2, 0.25) is 0 Å².